The summed E-state index contributed by atoms with van der Waals surface area (Å²) in [7, 11) is 1.63. The van der Waals surface area contributed by atoms with Gasteiger partial charge in [0.15, 0.2) is 0 Å². The molecule has 0 spiro atoms. The van der Waals surface area contributed by atoms with E-state index >= 15 is 0 Å². The molecule has 0 fully saturated rings. The first-order valence-corrected chi connectivity index (χ1v) is 7.72. The summed E-state index contributed by atoms with van der Waals surface area (Å²) >= 11 is 0. The molecule has 1 aliphatic rings. The molecule has 120 valence electrons. The monoisotopic (exact) mass is 303 g/mol. The highest BCUT2D eigenvalue weighted by atomic mass is 16.5. The highest BCUT2D eigenvalue weighted by Crippen LogP contribution is 2.45. The fourth-order valence-corrected chi connectivity index (χ4v) is 3.41. The van der Waals surface area contributed by atoms with Gasteiger partial charge < -0.3 is 14.7 Å². The molecule has 1 aliphatic heterocycles. The van der Waals surface area contributed by atoms with Crippen LogP contribution in [0.2, 0.25) is 0 Å². The fourth-order valence-electron chi connectivity index (χ4n) is 3.41. The minimum absolute atomic E-state index is 0.385. The molecule has 0 radical (unpaired) electrons. The van der Waals surface area contributed by atoms with E-state index in [2.05, 4.69) is 26.8 Å². The van der Waals surface area contributed by atoms with Gasteiger partial charge in [0, 0.05) is 5.56 Å². The number of aliphatic carboxylic acids is 1. The van der Waals surface area contributed by atoms with Gasteiger partial charge in [-0.05, 0) is 38.8 Å². The topological polar surface area (TPSA) is 49.8 Å². The molecule has 0 saturated heterocycles. The van der Waals surface area contributed by atoms with Gasteiger partial charge in [0.2, 0.25) is 0 Å². The lowest BCUT2D eigenvalue weighted by atomic mass is 9.86. The molecule has 1 unspecified atom stereocenters. The number of nitrogens with zero attached hydrogens (tertiary/aromatic N) is 1. The number of carbonyl (C=O) groups is 1. The number of methoxy groups -OCH3 is 1. The maximum absolute atomic E-state index is 11.9. The highest BCUT2D eigenvalue weighted by Gasteiger charge is 2.40. The first-order chi connectivity index (χ1) is 10.3. The second-order valence-corrected chi connectivity index (χ2v) is 6.35. The Labute approximate surface area is 132 Å². The Hall–Kier alpha value is -1.97. The molecular weight excluding hydrogens is 278 g/mol. The van der Waals surface area contributed by atoms with E-state index in [-0.39, 0.29) is 5.54 Å². The number of allylic oxidation sites excluding steroid dienone is 1. The third-order valence-electron chi connectivity index (χ3n) is 4.23. The zero-order valence-corrected chi connectivity index (χ0v) is 14.0. The first kappa shape index (κ1) is 16.4. The Bertz CT molecular complexity index is 604. The van der Waals surface area contributed by atoms with Crippen LogP contribution in [0.3, 0.4) is 0 Å². The maximum Gasteiger partial charge on any atom is 0.326 e. The molecule has 1 heterocycles. The average Bonchev–Trinajstić information content (AvgIpc) is 2.44. The molecule has 0 amide bonds. The first-order valence-electron chi connectivity index (χ1n) is 7.72. The van der Waals surface area contributed by atoms with Crippen LogP contribution in [0.1, 0.15) is 46.1 Å². The summed E-state index contributed by atoms with van der Waals surface area (Å²) in [4.78, 5) is 13.9. The number of carboxylic acid groups (broad SMARTS) is 1. The summed E-state index contributed by atoms with van der Waals surface area (Å²) in [6.07, 6.45) is 3.56. The second-order valence-electron chi connectivity index (χ2n) is 6.35. The van der Waals surface area contributed by atoms with Crippen LogP contribution in [0, 0.1) is 0 Å². The molecule has 0 aliphatic carbocycles. The summed E-state index contributed by atoms with van der Waals surface area (Å²) in [6.45, 7) is 8.18. The van der Waals surface area contributed by atoms with Crippen molar-refractivity contribution in [3.05, 3.63) is 29.8 Å². The van der Waals surface area contributed by atoms with Gasteiger partial charge >= 0.3 is 5.97 Å². The van der Waals surface area contributed by atoms with Crippen LogP contribution < -0.4 is 9.64 Å². The Balaban J connectivity index is 2.69. The van der Waals surface area contributed by atoms with E-state index < -0.39 is 12.0 Å². The number of para-hydroxylation sites is 1. The van der Waals surface area contributed by atoms with Gasteiger partial charge in [-0.3, -0.25) is 0 Å². The van der Waals surface area contributed by atoms with Crippen molar-refractivity contribution in [3.8, 4) is 5.75 Å². The molecule has 1 N–H and O–H groups in total. The SMILES string of the molecule is CCCC(C(=O)O)N1c2c(OC)cccc2C(C)=CC1(C)C. The molecule has 0 aromatic heterocycles. The Kier molecular flexibility index (Phi) is 4.50. The third-order valence-corrected chi connectivity index (χ3v) is 4.23. The number of benzene rings is 1. The Morgan fingerprint density at radius 1 is 1.41 bits per heavy atom. The van der Waals surface area contributed by atoms with Gasteiger partial charge in [-0.2, -0.15) is 0 Å². The highest BCUT2D eigenvalue weighted by molar-refractivity contribution is 5.89. The predicted octanol–water partition coefficient (Wildman–Crippen LogP) is 3.95. The lowest BCUT2D eigenvalue weighted by Crippen LogP contribution is -2.54. The number of fused-ring (bicyclic) bond motifs is 1. The summed E-state index contributed by atoms with van der Waals surface area (Å²) < 4.78 is 5.53. The lowest BCUT2D eigenvalue weighted by Gasteiger charge is -2.46. The quantitative estimate of drug-likeness (QED) is 0.895. The number of carboxylic acids is 1. The van der Waals surface area contributed by atoms with E-state index in [9.17, 15) is 9.90 Å². The van der Waals surface area contributed by atoms with Crippen LogP contribution in [0.5, 0.6) is 5.75 Å². The molecule has 0 saturated carbocycles. The van der Waals surface area contributed by atoms with E-state index in [1.54, 1.807) is 7.11 Å². The van der Waals surface area contributed by atoms with E-state index in [0.717, 1.165) is 29.0 Å². The molecule has 4 nitrogen and oxygen atoms in total. The van der Waals surface area contributed by atoms with Crippen LogP contribution in [0.4, 0.5) is 5.69 Å². The molecular formula is C18H25NO3. The van der Waals surface area contributed by atoms with E-state index in [4.69, 9.17) is 4.74 Å². The second kappa shape index (κ2) is 6.03. The van der Waals surface area contributed by atoms with Crippen LogP contribution in [0.25, 0.3) is 5.57 Å². The van der Waals surface area contributed by atoms with Gasteiger partial charge in [-0.25, -0.2) is 4.79 Å². The minimum atomic E-state index is -0.792. The van der Waals surface area contributed by atoms with E-state index in [0.29, 0.717) is 6.42 Å². The van der Waals surface area contributed by atoms with Crippen LogP contribution >= 0.6 is 0 Å². The van der Waals surface area contributed by atoms with Crippen molar-refractivity contribution in [1.82, 2.24) is 0 Å². The Morgan fingerprint density at radius 2 is 2.09 bits per heavy atom. The van der Waals surface area contributed by atoms with Crippen molar-refractivity contribution in [2.75, 3.05) is 12.0 Å². The fraction of sp³-hybridized carbons (Fsp3) is 0.500. The molecule has 4 heteroatoms. The molecule has 22 heavy (non-hydrogen) atoms. The van der Waals surface area contributed by atoms with E-state index in [1.807, 2.05) is 30.0 Å². The third kappa shape index (κ3) is 2.70. The van der Waals surface area contributed by atoms with Gasteiger partial charge in [0.05, 0.1) is 18.3 Å². The summed E-state index contributed by atoms with van der Waals surface area (Å²) in [5, 5.41) is 9.74. The standard InChI is InChI=1S/C18H25NO3/c1-6-8-14(17(20)21)19-16-13(9-7-10-15(16)22-5)12(2)11-18(19,3)4/h7,9-11,14H,6,8H2,1-5H3,(H,20,21). The Morgan fingerprint density at radius 3 is 2.64 bits per heavy atom. The molecule has 2 rings (SSSR count). The summed E-state index contributed by atoms with van der Waals surface area (Å²) in [5.74, 6) is -0.0693. The normalized spacial score (nSPS) is 17.5. The van der Waals surface area contributed by atoms with Crippen molar-refractivity contribution < 1.29 is 14.6 Å². The van der Waals surface area contributed by atoms with Crippen molar-refractivity contribution in [1.29, 1.82) is 0 Å². The summed E-state index contributed by atoms with van der Waals surface area (Å²) in [5.41, 5.74) is 2.69. The smallest absolute Gasteiger partial charge is 0.326 e. The minimum Gasteiger partial charge on any atom is -0.495 e. The largest absolute Gasteiger partial charge is 0.495 e. The van der Waals surface area contributed by atoms with Gasteiger partial charge in [0.25, 0.3) is 0 Å². The van der Waals surface area contributed by atoms with Crippen LogP contribution in [-0.4, -0.2) is 29.8 Å². The van der Waals surface area contributed by atoms with Gasteiger partial charge in [0.1, 0.15) is 11.8 Å². The number of ether oxygens (including phenoxy) is 1. The lowest BCUT2D eigenvalue weighted by molar-refractivity contribution is -0.139. The van der Waals surface area contributed by atoms with E-state index in [1.165, 1.54) is 0 Å². The van der Waals surface area contributed by atoms with Gasteiger partial charge in [-0.15, -0.1) is 0 Å². The number of rotatable bonds is 5. The van der Waals surface area contributed by atoms with Crippen molar-refractivity contribution in [3.63, 3.8) is 0 Å². The number of hydrogen-bond donors (Lipinski definition) is 1. The van der Waals surface area contributed by atoms with Crippen molar-refractivity contribution in [2.45, 2.75) is 52.1 Å². The number of hydrogen-bond acceptors (Lipinski definition) is 3. The average molecular weight is 303 g/mol. The number of anilines is 1. The molecule has 1 aromatic rings. The predicted molar refractivity (Wildman–Crippen MR) is 89.5 cm³/mol. The van der Waals surface area contributed by atoms with Crippen LogP contribution in [0.15, 0.2) is 24.3 Å². The maximum atomic E-state index is 11.9. The zero-order chi connectivity index (χ0) is 16.5. The van der Waals surface area contributed by atoms with Crippen molar-refractivity contribution in [2.24, 2.45) is 0 Å². The van der Waals surface area contributed by atoms with Crippen molar-refractivity contribution >= 4 is 17.2 Å². The summed E-state index contributed by atoms with van der Waals surface area (Å²) in [6, 6.07) is 5.29. The molecule has 0 bridgehead atoms. The molecule has 1 aromatic carbocycles. The molecule has 1 atom stereocenters. The van der Waals surface area contributed by atoms with Gasteiger partial charge in [-0.1, -0.05) is 31.6 Å². The van der Waals surface area contributed by atoms with Crippen LogP contribution in [-0.2, 0) is 4.79 Å². The zero-order valence-electron chi connectivity index (χ0n) is 14.0.